The molecule has 2 amide bonds. The highest BCUT2D eigenvalue weighted by Gasteiger charge is 2.33. The summed E-state index contributed by atoms with van der Waals surface area (Å²) in [5.41, 5.74) is 1.98. The summed E-state index contributed by atoms with van der Waals surface area (Å²) >= 11 is 5.88. The molecule has 2 aliphatic heterocycles. The lowest BCUT2D eigenvalue weighted by Crippen LogP contribution is -2.45. The molecule has 0 saturated carbocycles. The van der Waals surface area contributed by atoms with Crippen molar-refractivity contribution in [1.29, 1.82) is 0 Å². The van der Waals surface area contributed by atoms with E-state index >= 15 is 0 Å². The van der Waals surface area contributed by atoms with Gasteiger partial charge < -0.3 is 10.2 Å². The summed E-state index contributed by atoms with van der Waals surface area (Å²) in [7, 11) is -3.68. The van der Waals surface area contributed by atoms with E-state index in [1.165, 1.54) is 16.4 Å². The maximum absolute atomic E-state index is 13.0. The van der Waals surface area contributed by atoms with Gasteiger partial charge in [0.25, 0.3) is 0 Å². The number of benzene rings is 2. The molecule has 2 aromatic carbocycles. The van der Waals surface area contributed by atoms with E-state index in [0.717, 1.165) is 24.1 Å². The van der Waals surface area contributed by atoms with Gasteiger partial charge in [-0.25, -0.2) is 8.42 Å². The Morgan fingerprint density at radius 2 is 1.76 bits per heavy atom. The molecular formula is C24H28ClN3O4S. The smallest absolute Gasteiger partial charge is 0.243 e. The summed E-state index contributed by atoms with van der Waals surface area (Å²) in [5.74, 6) is -0.399. The summed E-state index contributed by atoms with van der Waals surface area (Å²) in [6, 6.07) is 13.9. The van der Waals surface area contributed by atoms with Gasteiger partial charge in [-0.15, -0.1) is 0 Å². The van der Waals surface area contributed by atoms with Gasteiger partial charge in [0.1, 0.15) is 0 Å². The van der Waals surface area contributed by atoms with Gasteiger partial charge >= 0.3 is 0 Å². The molecule has 2 fully saturated rings. The van der Waals surface area contributed by atoms with Crippen molar-refractivity contribution in [2.75, 3.05) is 19.6 Å². The van der Waals surface area contributed by atoms with E-state index in [4.69, 9.17) is 11.6 Å². The molecule has 2 heterocycles. The zero-order valence-electron chi connectivity index (χ0n) is 18.4. The summed E-state index contributed by atoms with van der Waals surface area (Å²) in [4.78, 5) is 26.9. The molecular weight excluding hydrogens is 462 g/mol. The quantitative estimate of drug-likeness (QED) is 0.647. The molecule has 176 valence electrons. The predicted octanol–water partition coefficient (Wildman–Crippen LogP) is 3.18. The van der Waals surface area contributed by atoms with Crippen LogP contribution in [0.3, 0.4) is 0 Å². The number of amides is 2. The number of rotatable bonds is 7. The molecule has 7 nitrogen and oxygen atoms in total. The van der Waals surface area contributed by atoms with Crippen LogP contribution in [-0.4, -0.2) is 49.1 Å². The van der Waals surface area contributed by atoms with Gasteiger partial charge in [0.15, 0.2) is 0 Å². The third kappa shape index (κ3) is 5.57. The normalized spacial score (nSPS) is 19.6. The Labute approximate surface area is 199 Å². The molecule has 0 aromatic heterocycles. The monoisotopic (exact) mass is 489 g/mol. The number of likely N-dealkylation sites (tertiary alicyclic amines) is 1. The zero-order chi connectivity index (χ0) is 23.4. The predicted molar refractivity (Wildman–Crippen MR) is 126 cm³/mol. The lowest BCUT2D eigenvalue weighted by atomic mass is 9.98. The van der Waals surface area contributed by atoms with E-state index in [-0.39, 0.29) is 23.3 Å². The van der Waals surface area contributed by atoms with Crippen molar-refractivity contribution >= 4 is 33.4 Å². The number of carbonyl (C=O) groups is 2. The van der Waals surface area contributed by atoms with Gasteiger partial charge in [-0.2, -0.15) is 4.31 Å². The second-order valence-corrected chi connectivity index (χ2v) is 10.9. The topological polar surface area (TPSA) is 86.8 Å². The van der Waals surface area contributed by atoms with Gasteiger partial charge in [-0.3, -0.25) is 9.59 Å². The maximum Gasteiger partial charge on any atom is 0.243 e. The molecule has 0 spiro atoms. The molecule has 1 N–H and O–H groups in total. The minimum absolute atomic E-state index is 0.153. The Morgan fingerprint density at radius 1 is 1.03 bits per heavy atom. The van der Waals surface area contributed by atoms with Crippen LogP contribution >= 0.6 is 11.6 Å². The van der Waals surface area contributed by atoms with Crippen LogP contribution in [0.1, 0.15) is 36.8 Å². The van der Waals surface area contributed by atoms with Crippen molar-refractivity contribution in [1.82, 2.24) is 14.5 Å². The highest BCUT2D eigenvalue weighted by molar-refractivity contribution is 7.89. The molecule has 4 rings (SSSR count). The van der Waals surface area contributed by atoms with Gasteiger partial charge in [0.05, 0.1) is 10.8 Å². The molecule has 33 heavy (non-hydrogen) atoms. The molecule has 0 radical (unpaired) electrons. The van der Waals surface area contributed by atoms with E-state index in [0.29, 0.717) is 43.9 Å². The van der Waals surface area contributed by atoms with E-state index in [2.05, 4.69) is 5.32 Å². The second kappa shape index (κ2) is 10.2. The lowest BCUT2D eigenvalue weighted by Gasteiger charge is -2.31. The highest BCUT2D eigenvalue weighted by atomic mass is 35.5. The van der Waals surface area contributed by atoms with Crippen LogP contribution in [0.4, 0.5) is 0 Å². The van der Waals surface area contributed by atoms with Crippen molar-refractivity contribution < 1.29 is 18.0 Å². The maximum atomic E-state index is 13.0. The lowest BCUT2D eigenvalue weighted by molar-refractivity contribution is -0.128. The average molecular weight is 490 g/mol. The van der Waals surface area contributed by atoms with Gasteiger partial charge in [0, 0.05) is 44.2 Å². The molecule has 2 aliphatic rings. The standard InChI is InChI=1S/C24H28ClN3O4S/c25-21-9-11-22(12-10-21)33(31,32)28-14-3-7-20(17-28)24(30)26-15-18-5-1-2-6-19(18)16-27-13-4-8-23(27)29/h1-2,5-6,9-12,20H,3-4,7-8,13-17H2,(H,26,30)/t20-/m0/s1. The Hall–Kier alpha value is -2.42. The van der Waals surface area contributed by atoms with Crippen LogP contribution in [-0.2, 0) is 32.7 Å². The Kier molecular flexibility index (Phi) is 7.36. The van der Waals surface area contributed by atoms with Crippen molar-refractivity contribution in [2.24, 2.45) is 5.92 Å². The fourth-order valence-corrected chi connectivity index (χ4v) is 6.07. The van der Waals surface area contributed by atoms with Crippen molar-refractivity contribution in [3.05, 3.63) is 64.7 Å². The first-order valence-electron chi connectivity index (χ1n) is 11.2. The first-order chi connectivity index (χ1) is 15.8. The summed E-state index contributed by atoms with van der Waals surface area (Å²) in [6.45, 7) is 2.20. The van der Waals surface area contributed by atoms with Gasteiger partial charge in [-0.1, -0.05) is 35.9 Å². The molecule has 2 saturated heterocycles. The van der Waals surface area contributed by atoms with Crippen LogP contribution in [0.15, 0.2) is 53.4 Å². The number of hydrogen-bond donors (Lipinski definition) is 1. The van der Waals surface area contributed by atoms with Crippen LogP contribution in [0.5, 0.6) is 0 Å². The molecule has 9 heteroatoms. The van der Waals surface area contributed by atoms with E-state index in [9.17, 15) is 18.0 Å². The molecule has 0 bridgehead atoms. The molecule has 2 aromatic rings. The van der Waals surface area contributed by atoms with Gasteiger partial charge in [-0.05, 0) is 54.7 Å². The van der Waals surface area contributed by atoms with E-state index in [1.54, 1.807) is 12.1 Å². The van der Waals surface area contributed by atoms with Gasteiger partial charge in [0.2, 0.25) is 21.8 Å². The molecule has 0 unspecified atom stereocenters. The minimum Gasteiger partial charge on any atom is -0.352 e. The van der Waals surface area contributed by atoms with Crippen molar-refractivity contribution in [2.45, 2.75) is 43.7 Å². The van der Waals surface area contributed by atoms with Crippen LogP contribution in [0.25, 0.3) is 0 Å². The summed E-state index contributed by atoms with van der Waals surface area (Å²) < 4.78 is 27.4. The number of halogens is 1. The minimum atomic E-state index is -3.68. The highest BCUT2D eigenvalue weighted by Crippen LogP contribution is 2.25. The number of sulfonamides is 1. The summed E-state index contributed by atoms with van der Waals surface area (Å²) in [6.07, 6.45) is 2.74. The third-order valence-electron chi connectivity index (χ3n) is 6.31. The number of nitrogens with zero attached hydrogens (tertiary/aromatic N) is 2. The number of piperidine rings is 1. The van der Waals surface area contributed by atoms with Crippen molar-refractivity contribution in [3.63, 3.8) is 0 Å². The Bertz CT molecular complexity index is 1120. The van der Waals surface area contributed by atoms with E-state index < -0.39 is 15.9 Å². The summed E-state index contributed by atoms with van der Waals surface area (Å²) in [5, 5.41) is 3.45. The molecule has 0 aliphatic carbocycles. The zero-order valence-corrected chi connectivity index (χ0v) is 19.9. The largest absolute Gasteiger partial charge is 0.352 e. The van der Waals surface area contributed by atoms with Crippen LogP contribution in [0, 0.1) is 5.92 Å². The third-order valence-corrected chi connectivity index (χ3v) is 8.44. The van der Waals surface area contributed by atoms with E-state index in [1.807, 2.05) is 29.2 Å². The average Bonchev–Trinajstić information content (AvgIpc) is 3.23. The molecule has 1 atom stereocenters. The Morgan fingerprint density at radius 3 is 2.45 bits per heavy atom. The van der Waals surface area contributed by atoms with Crippen LogP contribution < -0.4 is 5.32 Å². The van der Waals surface area contributed by atoms with Crippen molar-refractivity contribution in [3.8, 4) is 0 Å². The second-order valence-electron chi connectivity index (χ2n) is 8.56. The number of nitrogens with one attached hydrogen (secondary N) is 1. The number of carbonyl (C=O) groups excluding carboxylic acids is 2. The SMILES string of the molecule is O=C(NCc1ccccc1CN1CCCC1=O)[C@H]1CCCN(S(=O)(=O)c2ccc(Cl)cc2)C1. The first kappa shape index (κ1) is 23.7. The Balaban J connectivity index is 1.38. The van der Waals surface area contributed by atoms with Crippen LogP contribution in [0.2, 0.25) is 5.02 Å². The fraction of sp³-hybridized carbons (Fsp3) is 0.417. The fourth-order valence-electron chi connectivity index (χ4n) is 4.42. The number of hydrogen-bond acceptors (Lipinski definition) is 4. The first-order valence-corrected chi connectivity index (χ1v) is 13.0.